The second-order valence-electron chi connectivity index (χ2n) is 4.72. The summed E-state index contributed by atoms with van der Waals surface area (Å²) < 4.78 is 5.64. The fourth-order valence-corrected chi connectivity index (χ4v) is 2.08. The summed E-state index contributed by atoms with van der Waals surface area (Å²) in [6.45, 7) is 6.52. The molecule has 1 unspecified atom stereocenters. The van der Waals surface area contributed by atoms with Gasteiger partial charge in [-0.1, -0.05) is 19.9 Å². The monoisotopic (exact) mass is 290 g/mol. The Hall–Kier alpha value is -2.28. The number of hydrogen-bond acceptors (Lipinski definition) is 6. The molecule has 0 saturated heterocycles. The largest absolute Gasteiger partial charge is 0.419 e. The van der Waals surface area contributed by atoms with Gasteiger partial charge < -0.3 is 9.73 Å². The summed E-state index contributed by atoms with van der Waals surface area (Å²) in [5.74, 6) is 0.794. The van der Waals surface area contributed by atoms with Crippen LogP contribution in [0.1, 0.15) is 37.8 Å². The maximum absolute atomic E-state index is 11.0. The highest BCUT2D eigenvalue weighted by Gasteiger charge is 2.19. The van der Waals surface area contributed by atoms with Crippen molar-refractivity contribution < 1.29 is 9.34 Å². The van der Waals surface area contributed by atoms with Crippen LogP contribution in [0.5, 0.6) is 0 Å². The third-order valence-corrected chi connectivity index (χ3v) is 3.25. The number of hydrogen-bond donors (Lipinski definition) is 1. The zero-order chi connectivity index (χ0) is 15.4. The highest BCUT2D eigenvalue weighted by Crippen LogP contribution is 2.27. The van der Waals surface area contributed by atoms with Crippen LogP contribution in [0.4, 0.5) is 5.69 Å². The molecule has 1 atom stereocenters. The molecular weight excluding hydrogens is 272 g/mol. The summed E-state index contributed by atoms with van der Waals surface area (Å²) in [6.07, 6.45) is 0.823. The number of nitro groups is 1. The summed E-state index contributed by atoms with van der Waals surface area (Å²) in [5, 5.41) is 22.2. The lowest BCUT2D eigenvalue weighted by Gasteiger charge is -2.10. The molecule has 1 heterocycles. The van der Waals surface area contributed by atoms with E-state index in [4.69, 9.17) is 4.42 Å². The summed E-state index contributed by atoms with van der Waals surface area (Å²) >= 11 is 0. The first-order chi connectivity index (χ1) is 10.1. The Kier molecular flexibility index (Phi) is 4.64. The highest BCUT2D eigenvalue weighted by molar-refractivity contribution is 5.59. The Bertz CT molecular complexity index is 639. The fraction of sp³-hybridized carbons (Fsp3) is 0.429. The third kappa shape index (κ3) is 3.25. The van der Waals surface area contributed by atoms with E-state index >= 15 is 0 Å². The lowest BCUT2D eigenvalue weighted by molar-refractivity contribution is -0.385. The number of aromatic nitrogens is 2. The molecule has 7 heteroatoms. The number of aryl methyl sites for hydroxylation is 1. The summed E-state index contributed by atoms with van der Waals surface area (Å²) in [6, 6.07) is 4.88. The van der Waals surface area contributed by atoms with Crippen molar-refractivity contribution in [1.29, 1.82) is 0 Å². The van der Waals surface area contributed by atoms with Crippen LogP contribution in [0.25, 0.3) is 11.5 Å². The second-order valence-corrected chi connectivity index (χ2v) is 4.72. The van der Waals surface area contributed by atoms with Crippen LogP contribution in [0.3, 0.4) is 0 Å². The van der Waals surface area contributed by atoms with E-state index in [-0.39, 0.29) is 11.7 Å². The molecule has 2 rings (SSSR count). The molecule has 112 valence electrons. The molecule has 2 aromatic rings. The minimum atomic E-state index is -0.413. The van der Waals surface area contributed by atoms with Gasteiger partial charge in [-0.15, -0.1) is 10.2 Å². The van der Waals surface area contributed by atoms with Crippen molar-refractivity contribution in [3.63, 3.8) is 0 Å². The maximum Gasteiger partial charge on any atom is 0.273 e. The van der Waals surface area contributed by atoms with Gasteiger partial charge in [-0.2, -0.15) is 0 Å². The van der Waals surface area contributed by atoms with Crippen molar-refractivity contribution in [2.75, 3.05) is 6.54 Å². The van der Waals surface area contributed by atoms with Gasteiger partial charge in [0.15, 0.2) is 0 Å². The van der Waals surface area contributed by atoms with Gasteiger partial charge in [0, 0.05) is 17.2 Å². The molecule has 21 heavy (non-hydrogen) atoms. The molecule has 0 saturated carbocycles. The topological polar surface area (TPSA) is 94.1 Å². The molecule has 1 N–H and O–H groups in total. The molecule has 0 radical (unpaired) electrons. The summed E-state index contributed by atoms with van der Waals surface area (Å²) in [4.78, 5) is 10.6. The van der Waals surface area contributed by atoms with Crippen LogP contribution in [0.15, 0.2) is 22.6 Å². The Morgan fingerprint density at radius 3 is 2.76 bits per heavy atom. The smallest absolute Gasteiger partial charge is 0.273 e. The molecule has 1 aromatic heterocycles. The Morgan fingerprint density at radius 2 is 2.14 bits per heavy atom. The van der Waals surface area contributed by atoms with Gasteiger partial charge in [0.1, 0.15) is 0 Å². The van der Waals surface area contributed by atoms with Crippen molar-refractivity contribution >= 4 is 5.69 Å². The van der Waals surface area contributed by atoms with Gasteiger partial charge in [-0.05, 0) is 26.0 Å². The number of benzene rings is 1. The van der Waals surface area contributed by atoms with Crippen molar-refractivity contribution in [2.24, 2.45) is 0 Å². The van der Waals surface area contributed by atoms with Crippen molar-refractivity contribution in [3.8, 4) is 11.5 Å². The zero-order valence-electron chi connectivity index (χ0n) is 12.3. The van der Waals surface area contributed by atoms with E-state index in [1.165, 1.54) is 6.07 Å². The van der Waals surface area contributed by atoms with Crippen molar-refractivity contribution in [1.82, 2.24) is 15.5 Å². The average molecular weight is 290 g/mol. The minimum Gasteiger partial charge on any atom is -0.419 e. The predicted molar refractivity (Wildman–Crippen MR) is 77.8 cm³/mol. The fourth-order valence-electron chi connectivity index (χ4n) is 2.08. The summed E-state index contributed by atoms with van der Waals surface area (Å²) in [7, 11) is 0. The number of nitro benzene ring substituents is 1. The van der Waals surface area contributed by atoms with E-state index in [9.17, 15) is 10.1 Å². The van der Waals surface area contributed by atoms with E-state index < -0.39 is 4.92 Å². The Balaban J connectivity index is 2.33. The SMILES string of the molecule is CCNC(CC)c1nnc(-c2ccc(C)c([N+](=O)[O-])c2)o1. The molecule has 0 spiro atoms. The lowest BCUT2D eigenvalue weighted by atomic mass is 10.1. The quantitative estimate of drug-likeness (QED) is 0.649. The van der Waals surface area contributed by atoms with Crippen LogP contribution in [0, 0.1) is 17.0 Å². The molecule has 0 fully saturated rings. The molecular formula is C14H18N4O3. The van der Waals surface area contributed by atoms with Crippen LogP contribution in [0.2, 0.25) is 0 Å². The average Bonchev–Trinajstić information content (AvgIpc) is 2.94. The lowest BCUT2D eigenvalue weighted by Crippen LogP contribution is -2.20. The normalized spacial score (nSPS) is 12.3. The highest BCUT2D eigenvalue weighted by atomic mass is 16.6. The van der Waals surface area contributed by atoms with Crippen LogP contribution < -0.4 is 5.32 Å². The van der Waals surface area contributed by atoms with Crippen LogP contribution in [-0.2, 0) is 0 Å². The first kappa shape index (κ1) is 15.1. The van der Waals surface area contributed by atoms with Gasteiger partial charge >= 0.3 is 0 Å². The van der Waals surface area contributed by atoms with Crippen LogP contribution >= 0.6 is 0 Å². The van der Waals surface area contributed by atoms with Gasteiger partial charge in [0.05, 0.1) is 11.0 Å². The van der Waals surface area contributed by atoms with Crippen LogP contribution in [-0.4, -0.2) is 21.7 Å². The third-order valence-electron chi connectivity index (χ3n) is 3.25. The molecule has 0 bridgehead atoms. The van der Waals surface area contributed by atoms with E-state index in [1.807, 2.05) is 13.8 Å². The Morgan fingerprint density at radius 1 is 1.38 bits per heavy atom. The minimum absolute atomic E-state index is 0.00307. The van der Waals surface area contributed by atoms with Gasteiger partial charge in [-0.25, -0.2) is 0 Å². The zero-order valence-corrected chi connectivity index (χ0v) is 12.3. The molecule has 1 aromatic carbocycles. The standard InChI is InChI=1S/C14H18N4O3/c1-4-11(15-5-2)14-17-16-13(21-14)10-7-6-9(3)12(8-10)18(19)20/h6-8,11,15H,4-5H2,1-3H3. The number of nitrogens with one attached hydrogen (secondary N) is 1. The second kappa shape index (κ2) is 6.45. The van der Waals surface area contributed by atoms with Gasteiger partial charge in [-0.3, -0.25) is 10.1 Å². The van der Waals surface area contributed by atoms with Crippen molar-refractivity contribution in [2.45, 2.75) is 33.2 Å². The number of nitrogens with zero attached hydrogens (tertiary/aromatic N) is 3. The predicted octanol–water partition coefficient (Wildman–Crippen LogP) is 3.01. The molecule has 0 aliphatic carbocycles. The van der Waals surface area contributed by atoms with E-state index in [0.717, 1.165) is 13.0 Å². The molecule has 0 aliphatic heterocycles. The molecule has 0 aliphatic rings. The van der Waals surface area contributed by atoms with E-state index in [0.29, 0.717) is 22.9 Å². The number of rotatable bonds is 6. The van der Waals surface area contributed by atoms with Gasteiger partial charge in [0.25, 0.3) is 5.69 Å². The first-order valence-corrected chi connectivity index (χ1v) is 6.89. The molecule has 0 amide bonds. The van der Waals surface area contributed by atoms with E-state index in [2.05, 4.69) is 15.5 Å². The Labute approximate surface area is 122 Å². The first-order valence-electron chi connectivity index (χ1n) is 6.89. The summed E-state index contributed by atoms with van der Waals surface area (Å²) in [5.41, 5.74) is 1.20. The van der Waals surface area contributed by atoms with E-state index in [1.54, 1.807) is 19.1 Å². The van der Waals surface area contributed by atoms with Gasteiger partial charge in [0.2, 0.25) is 11.8 Å². The van der Waals surface area contributed by atoms with Crippen molar-refractivity contribution in [3.05, 3.63) is 39.8 Å². The maximum atomic E-state index is 11.0. The molecule has 7 nitrogen and oxygen atoms in total.